The number of esters is 1. The van der Waals surface area contributed by atoms with Crippen LogP contribution in [0.1, 0.15) is 13.3 Å². The van der Waals surface area contributed by atoms with Crippen LogP contribution >= 0.6 is 0 Å². The molecule has 1 atom stereocenters. The molecule has 1 N–H and O–H groups in total. The molecule has 7 nitrogen and oxygen atoms in total. The predicted octanol–water partition coefficient (Wildman–Crippen LogP) is 3.27. The number of para-hydroxylation sites is 2. The monoisotopic (exact) mass is 412 g/mol. The van der Waals surface area contributed by atoms with Gasteiger partial charge >= 0.3 is 5.97 Å². The van der Waals surface area contributed by atoms with E-state index in [-0.39, 0.29) is 17.7 Å². The number of methoxy groups -OCH3 is 2. The number of anilines is 2. The van der Waals surface area contributed by atoms with Gasteiger partial charge < -0.3 is 14.8 Å². The number of allylic oxidation sites excluding steroid dienone is 1. The summed E-state index contributed by atoms with van der Waals surface area (Å²) in [5.74, 6) is -2.70. The average molecular weight is 412 g/mol. The molecule has 0 unspecified atom stereocenters. The maximum absolute atomic E-state index is 13.3. The van der Waals surface area contributed by atoms with E-state index in [1.54, 1.807) is 31.2 Å². The number of halogens is 1. The Morgan fingerprint density at radius 1 is 1.10 bits per heavy atom. The Morgan fingerprint density at radius 2 is 1.77 bits per heavy atom. The SMILES string of the molecule is COC(=O)C1=C(C)N(c2ccc(F)cc2)C(=O)C[C@H]1C(=O)Nc1ccccc1OC. The Balaban J connectivity index is 2.00. The zero-order chi connectivity index (χ0) is 21.8. The van der Waals surface area contributed by atoms with E-state index < -0.39 is 29.5 Å². The van der Waals surface area contributed by atoms with Crippen molar-refractivity contribution in [1.82, 2.24) is 0 Å². The topological polar surface area (TPSA) is 84.9 Å². The van der Waals surface area contributed by atoms with E-state index >= 15 is 0 Å². The quantitative estimate of drug-likeness (QED) is 0.762. The molecule has 0 fully saturated rings. The molecule has 2 aromatic rings. The molecule has 0 saturated carbocycles. The van der Waals surface area contributed by atoms with E-state index in [1.807, 2.05) is 0 Å². The number of benzene rings is 2. The lowest BCUT2D eigenvalue weighted by atomic mass is 9.88. The van der Waals surface area contributed by atoms with E-state index in [2.05, 4.69) is 5.32 Å². The zero-order valence-electron chi connectivity index (χ0n) is 16.8. The summed E-state index contributed by atoms with van der Waals surface area (Å²) < 4.78 is 23.4. The molecule has 1 heterocycles. The Kier molecular flexibility index (Phi) is 6.15. The van der Waals surface area contributed by atoms with Gasteiger partial charge in [0.1, 0.15) is 11.6 Å². The molecule has 0 radical (unpaired) electrons. The van der Waals surface area contributed by atoms with Gasteiger partial charge in [-0.25, -0.2) is 9.18 Å². The van der Waals surface area contributed by atoms with Crippen LogP contribution in [-0.2, 0) is 19.1 Å². The zero-order valence-corrected chi connectivity index (χ0v) is 16.8. The van der Waals surface area contributed by atoms with E-state index in [0.29, 0.717) is 17.1 Å². The lowest BCUT2D eigenvalue weighted by molar-refractivity contribution is -0.138. The first-order chi connectivity index (χ1) is 14.4. The van der Waals surface area contributed by atoms with E-state index in [1.165, 1.54) is 43.4 Å². The van der Waals surface area contributed by atoms with Gasteiger partial charge in [0.05, 0.1) is 31.4 Å². The summed E-state index contributed by atoms with van der Waals surface area (Å²) in [6, 6.07) is 12.1. The number of rotatable bonds is 5. The third kappa shape index (κ3) is 4.03. The minimum Gasteiger partial charge on any atom is -0.495 e. The van der Waals surface area contributed by atoms with E-state index in [9.17, 15) is 18.8 Å². The standard InChI is InChI=1S/C22H21FN2O5/c1-13-20(22(28)30-3)16(21(27)24-17-6-4-5-7-18(17)29-2)12-19(26)25(13)15-10-8-14(23)9-11-15/h4-11,16H,12H2,1-3H3,(H,24,27)/t16-/m1/s1. The average Bonchev–Trinajstić information content (AvgIpc) is 2.74. The number of nitrogens with one attached hydrogen (secondary N) is 1. The van der Waals surface area contributed by atoms with Crippen LogP contribution in [0.5, 0.6) is 5.75 Å². The van der Waals surface area contributed by atoms with Crippen LogP contribution in [0.2, 0.25) is 0 Å². The second-order valence-corrected chi connectivity index (χ2v) is 6.64. The number of carbonyl (C=O) groups excluding carboxylic acids is 3. The van der Waals surface area contributed by atoms with E-state index in [4.69, 9.17) is 9.47 Å². The molecule has 2 aromatic carbocycles. The summed E-state index contributed by atoms with van der Waals surface area (Å²) in [7, 11) is 2.68. The van der Waals surface area contributed by atoms with Crippen molar-refractivity contribution in [1.29, 1.82) is 0 Å². The fourth-order valence-corrected chi connectivity index (χ4v) is 3.45. The molecule has 1 aliphatic rings. The molecule has 0 bridgehead atoms. The van der Waals surface area contributed by atoms with Crippen molar-refractivity contribution < 1.29 is 28.2 Å². The van der Waals surface area contributed by atoms with Gasteiger partial charge in [-0.2, -0.15) is 0 Å². The lowest BCUT2D eigenvalue weighted by Crippen LogP contribution is -2.43. The third-order valence-electron chi connectivity index (χ3n) is 4.87. The normalized spacial score (nSPS) is 16.3. The van der Waals surface area contributed by atoms with Gasteiger partial charge in [0.2, 0.25) is 11.8 Å². The van der Waals surface area contributed by atoms with Crippen molar-refractivity contribution in [3.05, 3.63) is 65.6 Å². The van der Waals surface area contributed by atoms with Crippen molar-refractivity contribution >= 4 is 29.2 Å². The van der Waals surface area contributed by atoms with Gasteiger partial charge in [-0.15, -0.1) is 0 Å². The summed E-state index contributed by atoms with van der Waals surface area (Å²) in [4.78, 5) is 39.7. The van der Waals surface area contributed by atoms with Crippen LogP contribution in [0, 0.1) is 11.7 Å². The Hall–Kier alpha value is -3.68. The summed E-state index contributed by atoms with van der Waals surface area (Å²) in [6.07, 6.45) is -0.250. The number of carbonyl (C=O) groups is 3. The number of nitrogens with zero attached hydrogens (tertiary/aromatic N) is 1. The van der Waals surface area contributed by atoms with Crippen molar-refractivity contribution in [2.45, 2.75) is 13.3 Å². The molecule has 2 amide bonds. The smallest absolute Gasteiger partial charge is 0.336 e. The second-order valence-electron chi connectivity index (χ2n) is 6.64. The highest BCUT2D eigenvalue weighted by atomic mass is 19.1. The summed E-state index contributed by atoms with van der Waals surface area (Å²) in [5.41, 5.74) is 1.13. The van der Waals surface area contributed by atoms with Crippen LogP contribution in [0.25, 0.3) is 0 Å². The van der Waals surface area contributed by atoms with Crippen molar-refractivity contribution in [2.24, 2.45) is 5.92 Å². The molecule has 0 aliphatic carbocycles. The first-order valence-electron chi connectivity index (χ1n) is 9.18. The van der Waals surface area contributed by atoms with Crippen molar-refractivity contribution in [3.8, 4) is 5.75 Å². The first kappa shape index (κ1) is 21.0. The first-order valence-corrected chi connectivity index (χ1v) is 9.18. The molecular formula is C22H21FN2O5. The molecule has 0 spiro atoms. The molecular weight excluding hydrogens is 391 g/mol. The maximum atomic E-state index is 13.3. The Bertz CT molecular complexity index is 1020. The van der Waals surface area contributed by atoms with Gasteiger partial charge in [-0.05, 0) is 43.3 Å². The largest absolute Gasteiger partial charge is 0.495 e. The van der Waals surface area contributed by atoms with Gasteiger partial charge in [0.25, 0.3) is 0 Å². The lowest BCUT2D eigenvalue weighted by Gasteiger charge is -2.33. The van der Waals surface area contributed by atoms with E-state index in [0.717, 1.165) is 0 Å². The molecule has 0 aromatic heterocycles. The molecule has 3 rings (SSSR count). The Morgan fingerprint density at radius 3 is 2.40 bits per heavy atom. The fraction of sp³-hybridized carbons (Fsp3) is 0.227. The minimum atomic E-state index is -1.05. The van der Waals surface area contributed by atoms with Crippen LogP contribution in [0.4, 0.5) is 15.8 Å². The molecule has 8 heteroatoms. The molecule has 0 saturated heterocycles. The van der Waals surface area contributed by atoms with Crippen LogP contribution < -0.4 is 15.0 Å². The molecule has 1 aliphatic heterocycles. The van der Waals surface area contributed by atoms with Crippen molar-refractivity contribution in [2.75, 3.05) is 24.4 Å². The van der Waals surface area contributed by atoms with Gasteiger partial charge in [-0.3, -0.25) is 14.5 Å². The highest BCUT2D eigenvalue weighted by molar-refractivity contribution is 6.10. The van der Waals surface area contributed by atoms with Crippen LogP contribution in [0.15, 0.2) is 59.8 Å². The van der Waals surface area contributed by atoms with Gasteiger partial charge in [-0.1, -0.05) is 12.1 Å². The number of hydrogen-bond acceptors (Lipinski definition) is 5. The number of hydrogen-bond donors (Lipinski definition) is 1. The van der Waals surface area contributed by atoms with Crippen LogP contribution in [0.3, 0.4) is 0 Å². The summed E-state index contributed by atoms with van der Waals surface area (Å²) in [6.45, 7) is 1.55. The minimum absolute atomic E-state index is 0.0637. The highest BCUT2D eigenvalue weighted by Gasteiger charge is 2.40. The second kappa shape index (κ2) is 8.77. The number of ether oxygens (including phenoxy) is 2. The van der Waals surface area contributed by atoms with Crippen LogP contribution in [-0.4, -0.2) is 32.0 Å². The van der Waals surface area contributed by atoms with Crippen molar-refractivity contribution in [3.63, 3.8) is 0 Å². The fourth-order valence-electron chi connectivity index (χ4n) is 3.45. The molecule has 156 valence electrons. The maximum Gasteiger partial charge on any atom is 0.336 e. The third-order valence-corrected chi connectivity index (χ3v) is 4.87. The van der Waals surface area contributed by atoms with Gasteiger partial charge in [0.15, 0.2) is 0 Å². The summed E-state index contributed by atoms with van der Waals surface area (Å²) in [5, 5.41) is 2.72. The highest BCUT2D eigenvalue weighted by Crippen LogP contribution is 2.35. The Labute approximate surface area is 173 Å². The molecule has 30 heavy (non-hydrogen) atoms. The van der Waals surface area contributed by atoms with Gasteiger partial charge in [0, 0.05) is 17.8 Å². The predicted molar refractivity (Wildman–Crippen MR) is 108 cm³/mol. The summed E-state index contributed by atoms with van der Waals surface area (Å²) >= 11 is 0. The number of amides is 2.